The van der Waals surface area contributed by atoms with Crippen molar-refractivity contribution in [3.05, 3.63) is 52.4 Å². The quantitative estimate of drug-likeness (QED) is 0.944. The van der Waals surface area contributed by atoms with E-state index in [2.05, 4.69) is 57.9 Å². The summed E-state index contributed by atoms with van der Waals surface area (Å²) in [6.45, 7) is 7.69. The van der Waals surface area contributed by atoms with Gasteiger partial charge in [0, 0.05) is 37.9 Å². The number of hydrogen-bond donors (Lipinski definition) is 1. The number of benzene rings is 1. The van der Waals surface area contributed by atoms with Gasteiger partial charge in [-0.15, -0.1) is 0 Å². The summed E-state index contributed by atoms with van der Waals surface area (Å²) in [6, 6.07) is 12.0. The summed E-state index contributed by atoms with van der Waals surface area (Å²) < 4.78 is 0. The van der Waals surface area contributed by atoms with Gasteiger partial charge in [-0.25, -0.2) is 4.98 Å². The van der Waals surface area contributed by atoms with Gasteiger partial charge in [-0.3, -0.25) is 9.78 Å². The number of nitrogens with zero attached hydrogens (tertiary/aromatic N) is 3. The lowest BCUT2D eigenvalue weighted by Crippen LogP contribution is -2.47. The Morgan fingerprint density at radius 3 is 2.32 bits per heavy atom. The van der Waals surface area contributed by atoms with Crippen LogP contribution in [0, 0.1) is 0 Å². The van der Waals surface area contributed by atoms with E-state index < -0.39 is 0 Å². The highest BCUT2D eigenvalue weighted by Gasteiger charge is 2.19. The van der Waals surface area contributed by atoms with Crippen molar-refractivity contribution in [1.29, 1.82) is 0 Å². The SMILES string of the molecule is CC(C)c1cc(=O)[nH]c(N2CCN(c3ccccc3)CC2)n1. The Labute approximate surface area is 130 Å². The summed E-state index contributed by atoms with van der Waals surface area (Å²) in [7, 11) is 0. The minimum atomic E-state index is -0.0702. The van der Waals surface area contributed by atoms with Crippen molar-refractivity contribution in [3.8, 4) is 0 Å². The van der Waals surface area contributed by atoms with E-state index in [9.17, 15) is 4.79 Å². The number of nitrogens with one attached hydrogen (secondary N) is 1. The summed E-state index contributed by atoms with van der Waals surface area (Å²) in [6.07, 6.45) is 0. The Morgan fingerprint density at radius 2 is 1.68 bits per heavy atom. The second kappa shape index (κ2) is 6.22. The van der Waals surface area contributed by atoms with Crippen molar-refractivity contribution in [2.45, 2.75) is 19.8 Å². The van der Waals surface area contributed by atoms with Crippen LogP contribution in [0.1, 0.15) is 25.5 Å². The molecule has 2 aromatic rings. The minimum absolute atomic E-state index is 0.0702. The van der Waals surface area contributed by atoms with Gasteiger partial charge in [0.2, 0.25) is 5.95 Å². The fourth-order valence-electron chi connectivity index (χ4n) is 2.72. The van der Waals surface area contributed by atoms with Crippen molar-refractivity contribution in [1.82, 2.24) is 9.97 Å². The average Bonchev–Trinajstić information content (AvgIpc) is 2.55. The monoisotopic (exact) mass is 298 g/mol. The van der Waals surface area contributed by atoms with E-state index in [-0.39, 0.29) is 11.5 Å². The number of para-hydroxylation sites is 1. The van der Waals surface area contributed by atoms with E-state index in [4.69, 9.17) is 0 Å². The van der Waals surface area contributed by atoms with Gasteiger partial charge in [-0.1, -0.05) is 32.0 Å². The highest BCUT2D eigenvalue weighted by atomic mass is 16.1. The first-order valence-corrected chi connectivity index (χ1v) is 7.79. The van der Waals surface area contributed by atoms with Crippen LogP contribution in [-0.2, 0) is 0 Å². The standard InChI is InChI=1S/C17H22N4O/c1-13(2)15-12-16(22)19-17(18-15)21-10-8-20(9-11-21)14-6-4-3-5-7-14/h3-7,12-13H,8-11H2,1-2H3,(H,18,19,22). The maximum absolute atomic E-state index is 11.8. The molecule has 1 aromatic carbocycles. The fraction of sp³-hybridized carbons (Fsp3) is 0.412. The van der Waals surface area contributed by atoms with E-state index >= 15 is 0 Å². The molecule has 1 N–H and O–H groups in total. The van der Waals surface area contributed by atoms with Gasteiger partial charge >= 0.3 is 0 Å². The number of H-pyrrole nitrogens is 1. The number of aromatic amines is 1. The highest BCUT2D eigenvalue weighted by Crippen LogP contribution is 2.18. The molecular formula is C17H22N4O. The van der Waals surface area contributed by atoms with Gasteiger partial charge in [0.25, 0.3) is 5.56 Å². The smallest absolute Gasteiger partial charge is 0.252 e. The van der Waals surface area contributed by atoms with Gasteiger partial charge in [-0.2, -0.15) is 0 Å². The molecule has 1 aliphatic rings. The molecule has 0 spiro atoms. The first-order chi connectivity index (χ1) is 10.6. The van der Waals surface area contributed by atoms with Gasteiger partial charge < -0.3 is 9.80 Å². The first-order valence-electron chi connectivity index (χ1n) is 7.79. The molecule has 1 aliphatic heterocycles. The lowest BCUT2D eigenvalue weighted by molar-refractivity contribution is 0.635. The molecule has 0 saturated carbocycles. The van der Waals surface area contributed by atoms with Crippen LogP contribution in [0.25, 0.3) is 0 Å². The molecule has 0 unspecified atom stereocenters. The van der Waals surface area contributed by atoms with Crippen molar-refractivity contribution in [2.75, 3.05) is 36.0 Å². The van der Waals surface area contributed by atoms with E-state index in [1.807, 2.05) is 6.07 Å². The number of anilines is 2. The van der Waals surface area contributed by atoms with E-state index in [1.165, 1.54) is 5.69 Å². The maximum atomic E-state index is 11.8. The predicted octanol–water partition coefficient (Wildman–Crippen LogP) is 2.22. The third kappa shape index (κ3) is 3.13. The van der Waals surface area contributed by atoms with Gasteiger partial charge in [0.1, 0.15) is 0 Å². The Bertz CT molecular complexity index is 673. The zero-order chi connectivity index (χ0) is 15.5. The van der Waals surface area contributed by atoms with Crippen LogP contribution in [0.2, 0.25) is 0 Å². The van der Waals surface area contributed by atoms with Crippen LogP contribution >= 0.6 is 0 Å². The molecule has 5 nitrogen and oxygen atoms in total. The molecule has 0 aliphatic carbocycles. The Morgan fingerprint density at radius 1 is 1.05 bits per heavy atom. The third-order valence-corrected chi connectivity index (χ3v) is 4.04. The van der Waals surface area contributed by atoms with Crippen molar-refractivity contribution < 1.29 is 0 Å². The maximum Gasteiger partial charge on any atom is 0.252 e. The van der Waals surface area contributed by atoms with Gasteiger partial charge in [0.05, 0.1) is 5.69 Å². The van der Waals surface area contributed by atoms with Gasteiger partial charge in [0.15, 0.2) is 0 Å². The molecule has 116 valence electrons. The first kappa shape index (κ1) is 14.6. The second-order valence-corrected chi connectivity index (χ2v) is 5.96. The molecule has 0 amide bonds. The van der Waals surface area contributed by atoms with Crippen molar-refractivity contribution in [2.24, 2.45) is 0 Å². The summed E-state index contributed by atoms with van der Waals surface area (Å²) in [4.78, 5) is 23.8. The van der Waals surface area contributed by atoms with Crippen molar-refractivity contribution >= 4 is 11.6 Å². The molecule has 1 fully saturated rings. The zero-order valence-electron chi connectivity index (χ0n) is 13.1. The molecule has 0 radical (unpaired) electrons. The normalized spacial score (nSPS) is 15.4. The summed E-state index contributed by atoms with van der Waals surface area (Å²) in [5, 5.41) is 0. The van der Waals surface area contributed by atoms with E-state index in [0.29, 0.717) is 5.95 Å². The molecule has 1 aromatic heterocycles. The van der Waals surface area contributed by atoms with Crippen LogP contribution in [-0.4, -0.2) is 36.1 Å². The predicted molar refractivity (Wildman–Crippen MR) is 89.8 cm³/mol. The molecule has 0 bridgehead atoms. The Hall–Kier alpha value is -2.30. The molecule has 1 saturated heterocycles. The number of hydrogen-bond acceptors (Lipinski definition) is 4. The molecule has 3 rings (SSSR count). The number of rotatable bonds is 3. The van der Waals surface area contributed by atoms with Crippen LogP contribution < -0.4 is 15.4 Å². The minimum Gasteiger partial charge on any atom is -0.368 e. The molecule has 22 heavy (non-hydrogen) atoms. The lowest BCUT2D eigenvalue weighted by Gasteiger charge is -2.36. The number of piperazine rings is 1. The zero-order valence-corrected chi connectivity index (χ0v) is 13.1. The van der Waals surface area contributed by atoms with Crippen molar-refractivity contribution in [3.63, 3.8) is 0 Å². The van der Waals surface area contributed by atoms with Gasteiger partial charge in [-0.05, 0) is 18.1 Å². The average molecular weight is 298 g/mol. The van der Waals surface area contributed by atoms with E-state index in [0.717, 1.165) is 31.9 Å². The summed E-state index contributed by atoms with van der Waals surface area (Å²) in [5.74, 6) is 0.954. The highest BCUT2D eigenvalue weighted by molar-refractivity contribution is 5.48. The molecule has 2 heterocycles. The fourth-order valence-corrected chi connectivity index (χ4v) is 2.72. The molecule has 5 heteroatoms. The van der Waals surface area contributed by atoms with Crippen LogP contribution in [0.4, 0.5) is 11.6 Å². The Kier molecular flexibility index (Phi) is 4.13. The molecular weight excluding hydrogens is 276 g/mol. The lowest BCUT2D eigenvalue weighted by atomic mass is 10.1. The topological polar surface area (TPSA) is 52.2 Å². The van der Waals surface area contributed by atoms with Crippen LogP contribution in [0.15, 0.2) is 41.2 Å². The third-order valence-electron chi connectivity index (χ3n) is 4.04. The van der Waals surface area contributed by atoms with Crippen LogP contribution in [0.3, 0.4) is 0 Å². The van der Waals surface area contributed by atoms with Crippen LogP contribution in [0.5, 0.6) is 0 Å². The summed E-state index contributed by atoms with van der Waals surface area (Å²) in [5.41, 5.74) is 2.03. The summed E-state index contributed by atoms with van der Waals surface area (Å²) >= 11 is 0. The number of aromatic nitrogens is 2. The molecule has 0 atom stereocenters. The van der Waals surface area contributed by atoms with E-state index in [1.54, 1.807) is 6.07 Å². The largest absolute Gasteiger partial charge is 0.368 e. The second-order valence-electron chi connectivity index (χ2n) is 5.96. The Balaban J connectivity index is 1.73.